The van der Waals surface area contributed by atoms with Crippen LogP contribution in [0.4, 0.5) is 0 Å². The Hall–Kier alpha value is -1.40. The summed E-state index contributed by atoms with van der Waals surface area (Å²) in [4.78, 5) is 14.5. The summed E-state index contributed by atoms with van der Waals surface area (Å²) in [5.41, 5.74) is 3.03. The van der Waals surface area contributed by atoms with Crippen LogP contribution < -0.4 is 5.32 Å². The molecule has 1 fully saturated rings. The van der Waals surface area contributed by atoms with Crippen molar-refractivity contribution in [3.05, 3.63) is 17.0 Å². The fourth-order valence-electron chi connectivity index (χ4n) is 3.12. The average Bonchev–Trinajstić information content (AvgIpc) is 2.64. The molecule has 1 amide bonds. The summed E-state index contributed by atoms with van der Waals surface area (Å²) in [6.45, 7) is 11.5. The fraction of sp³-hybridized carbons (Fsp3) is 0.750. The molecular formula is C16H28N4O2. The van der Waals surface area contributed by atoms with Crippen LogP contribution >= 0.6 is 0 Å². The van der Waals surface area contributed by atoms with Gasteiger partial charge in [0.2, 0.25) is 5.91 Å². The Morgan fingerprint density at radius 3 is 2.50 bits per heavy atom. The molecule has 0 saturated carbocycles. The molecule has 1 aliphatic heterocycles. The van der Waals surface area contributed by atoms with Crippen LogP contribution in [0.25, 0.3) is 0 Å². The lowest BCUT2D eigenvalue weighted by Crippen LogP contribution is -2.48. The van der Waals surface area contributed by atoms with Crippen molar-refractivity contribution in [3.63, 3.8) is 0 Å². The van der Waals surface area contributed by atoms with Crippen molar-refractivity contribution in [2.75, 3.05) is 26.2 Å². The van der Waals surface area contributed by atoms with Crippen LogP contribution in [0.3, 0.4) is 0 Å². The molecule has 0 aromatic carbocycles. The first kappa shape index (κ1) is 17.0. The predicted octanol–water partition coefficient (Wildman–Crippen LogP) is 0.805. The highest BCUT2D eigenvalue weighted by molar-refractivity contribution is 5.79. The van der Waals surface area contributed by atoms with E-state index in [-0.39, 0.29) is 18.1 Å². The Balaban J connectivity index is 1.76. The van der Waals surface area contributed by atoms with Crippen molar-refractivity contribution in [1.82, 2.24) is 20.0 Å². The van der Waals surface area contributed by atoms with Crippen LogP contribution in [0.2, 0.25) is 0 Å². The van der Waals surface area contributed by atoms with Crippen LogP contribution in [-0.2, 0) is 23.0 Å². The molecule has 2 unspecified atom stereocenters. The quantitative estimate of drug-likeness (QED) is 0.874. The standard InChI is InChI=1S/C16H28N4O2/c1-11-9-20(10-12(2)22-11)7-6-17-16(21)8-15-13(3)18-19(5)14(15)4/h11-12H,6-10H2,1-5H3,(H,17,21). The molecule has 22 heavy (non-hydrogen) atoms. The van der Waals surface area contributed by atoms with E-state index in [4.69, 9.17) is 4.74 Å². The summed E-state index contributed by atoms with van der Waals surface area (Å²) in [6, 6.07) is 0. The molecule has 6 heteroatoms. The Kier molecular flexibility index (Phi) is 5.58. The summed E-state index contributed by atoms with van der Waals surface area (Å²) in [7, 11) is 1.91. The van der Waals surface area contributed by atoms with Gasteiger partial charge in [-0.3, -0.25) is 14.4 Å². The second kappa shape index (κ2) is 7.24. The molecule has 1 saturated heterocycles. The number of amides is 1. The lowest BCUT2D eigenvalue weighted by molar-refractivity contribution is -0.120. The number of nitrogens with zero attached hydrogens (tertiary/aromatic N) is 3. The third-order valence-electron chi connectivity index (χ3n) is 4.24. The molecule has 6 nitrogen and oxygen atoms in total. The zero-order valence-electron chi connectivity index (χ0n) is 14.3. The maximum atomic E-state index is 12.1. The molecular weight excluding hydrogens is 280 g/mol. The number of hydrogen-bond acceptors (Lipinski definition) is 4. The Bertz CT molecular complexity index is 516. The first-order valence-corrected chi connectivity index (χ1v) is 8.00. The summed E-state index contributed by atoms with van der Waals surface area (Å²) < 4.78 is 7.54. The maximum absolute atomic E-state index is 12.1. The maximum Gasteiger partial charge on any atom is 0.224 e. The largest absolute Gasteiger partial charge is 0.373 e. The zero-order valence-corrected chi connectivity index (χ0v) is 14.3. The molecule has 124 valence electrons. The Labute approximate surface area is 132 Å². The molecule has 2 rings (SSSR count). The summed E-state index contributed by atoms with van der Waals surface area (Å²) in [5.74, 6) is 0.0635. The number of nitrogens with one attached hydrogen (secondary N) is 1. The van der Waals surface area contributed by atoms with Crippen molar-refractivity contribution in [1.29, 1.82) is 0 Å². The van der Waals surface area contributed by atoms with E-state index < -0.39 is 0 Å². The van der Waals surface area contributed by atoms with Crippen molar-refractivity contribution in [2.24, 2.45) is 7.05 Å². The van der Waals surface area contributed by atoms with E-state index in [1.54, 1.807) is 0 Å². The lowest BCUT2D eigenvalue weighted by atomic mass is 10.1. The number of hydrogen-bond donors (Lipinski definition) is 1. The van der Waals surface area contributed by atoms with E-state index in [0.717, 1.165) is 36.6 Å². The van der Waals surface area contributed by atoms with Crippen molar-refractivity contribution in [3.8, 4) is 0 Å². The number of carbonyl (C=O) groups is 1. The van der Waals surface area contributed by atoms with Gasteiger partial charge in [0.05, 0.1) is 24.3 Å². The second-order valence-corrected chi connectivity index (χ2v) is 6.32. The minimum Gasteiger partial charge on any atom is -0.373 e. The van der Waals surface area contributed by atoms with Crippen LogP contribution in [0.5, 0.6) is 0 Å². The third-order valence-corrected chi connectivity index (χ3v) is 4.24. The van der Waals surface area contributed by atoms with Crippen molar-refractivity contribution in [2.45, 2.75) is 46.3 Å². The van der Waals surface area contributed by atoms with Gasteiger partial charge in [-0.25, -0.2) is 0 Å². The monoisotopic (exact) mass is 308 g/mol. The number of rotatable bonds is 5. The van der Waals surface area contributed by atoms with Gasteiger partial charge in [-0.05, 0) is 27.7 Å². The van der Waals surface area contributed by atoms with Gasteiger partial charge < -0.3 is 10.1 Å². The zero-order chi connectivity index (χ0) is 16.3. The lowest BCUT2D eigenvalue weighted by Gasteiger charge is -2.35. The average molecular weight is 308 g/mol. The molecule has 1 N–H and O–H groups in total. The van der Waals surface area contributed by atoms with Gasteiger partial charge in [0, 0.05) is 44.5 Å². The fourth-order valence-corrected chi connectivity index (χ4v) is 3.12. The Morgan fingerprint density at radius 1 is 1.32 bits per heavy atom. The summed E-state index contributed by atoms with van der Waals surface area (Å²) in [5, 5.41) is 7.36. The van der Waals surface area contributed by atoms with E-state index in [1.807, 2.05) is 25.6 Å². The van der Waals surface area contributed by atoms with Crippen LogP contribution in [0.1, 0.15) is 30.8 Å². The highest BCUT2D eigenvalue weighted by atomic mass is 16.5. The molecule has 2 atom stereocenters. The van der Waals surface area contributed by atoms with Gasteiger partial charge in [-0.1, -0.05) is 0 Å². The number of aryl methyl sites for hydroxylation is 2. The van der Waals surface area contributed by atoms with Crippen LogP contribution in [0, 0.1) is 13.8 Å². The van der Waals surface area contributed by atoms with E-state index in [9.17, 15) is 4.79 Å². The molecule has 1 aromatic heterocycles. The predicted molar refractivity (Wildman–Crippen MR) is 85.8 cm³/mol. The van der Waals surface area contributed by atoms with Crippen LogP contribution in [0.15, 0.2) is 0 Å². The number of ether oxygens (including phenoxy) is 1. The van der Waals surface area contributed by atoms with Crippen molar-refractivity contribution >= 4 is 5.91 Å². The Morgan fingerprint density at radius 2 is 1.95 bits per heavy atom. The van der Waals surface area contributed by atoms with Gasteiger partial charge in [0.15, 0.2) is 0 Å². The van der Waals surface area contributed by atoms with Crippen molar-refractivity contribution < 1.29 is 9.53 Å². The SMILES string of the molecule is Cc1nn(C)c(C)c1CC(=O)NCCN1CC(C)OC(C)C1. The minimum atomic E-state index is 0.0635. The number of carbonyl (C=O) groups excluding carboxylic acids is 1. The summed E-state index contributed by atoms with van der Waals surface area (Å²) in [6.07, 6.45) is 0.932. The van der Waals surface area contributed by atoms with Crippen LogP contribution in [-0.4, -0.2) is 59.0 Å². The van der Waals surface area contributed by atoms with E-state index >= 15 is 0 Å². The van der Waals surface area contributed by atoms with Gasteiger partial charge >= 0.3 is 0 Å². The molecule has 0 radical (unpaired) electrons. The first-order valence-electron chi connectivity index (χ1n) is 8.00. The normalized spacial score (nSPS) is 22.8. The smallest absolute Gasteiger partial charge is 0.224 e. The van der Waals surface area contributed by atoms with E-state index in [0.29, 0.717) is 13.0 Å². The minimum absolute atomic E-state index is 0.0635. The second-order valence-electron chi connectivity index (χ2n) is 6.32. The highest BCUT2D eigenvalue weighted by Crippen LogP contribution is 2.12. The first-order chi connectivity index (χ1) is 10.4. The van der Waals surface area contributed by atoms with E-state index in [1.165, 1.54) is 0 Å². The van der Waals surface area contributed by atoms with Gasteiger partial charge in [-0.2, -0.15) is 5.10 Å². The number of aromatic nitrogens is 2. The summed E-state index contributed by atoms with van der Waals surface area (Å²) >= 11 is 0. The topological polar surface area (TPSA) is 59.4 Å². The highest BCUT2D eigenvalue weighted by Gasteiger charge is 2.21. The molecule has 0 spiro atoms. The third kappa shape index (κ3) is 4.30. The van der Waals surface area contributed by atoms with E-state index in [2.05, 4.69) is 29.2 Å². The van der Waals surface area contributed by atoms with Gasteiger partial charge in [-0.15, -0.1) is 0 Å². The molecule has 2 heterocycles. The molecule has 0 aliphatic carbocycles. The van der Waals surface area contributed by atoms with Gasteiger partial charge in [0.25, 0.3) is 0 Å². The van der Waals surface area contributed by atoms with Gasteiger partial charge in [0.1, 0.15) is 0 Å². The molecule has 1 aliphatic rings. The molecule has 1 aromatic rings. The number of morpholine rings is 1. The molecule has 0 bridgehead atoms.